The van der Waals surface area contributed by atoms with Crippen molar-refractivity contribution in [1.82, 2.24) is 9.66 Å². The minimum Gasteiger partial charge on any atom is -0.488 e. The van der Waals surface area contributed by atoms with Gasteiger partial charge in [0.05, 0.1) is 17.1 Å². The summed E-state index contributed by atoms with van der Waals surface area (Å²) in [5.41, 5.74) is 2.15. The summed E-state index contributed by atoms with van der Waals surface area (Å²) in [7, 11) is 0. The molecule has 0 aliphatic heterocycles. The summed E-state index contributed by atoms with van der Waals surface area (Å²) < 4.78 is 7.53. The van der Waals surface area contributed by atoms with Gasteiger partial charge in [-0.3, -0.25) is 4.79 Å². The third-order valence-electron chi connectivity index (χ3n) is 6.38. The Balaban J connectivity index is 1.49. The van der Waals surface area contributed by atoms with Crippen molar-refractivity contribution in [2.75, 3.05) is 0 Å². The van der Waals surface area contributed by atoms with E-state index in [4.69, 9.17) is 32.9 Å². The minimum absolute atomic E-state index is 0.154. The maximum atomic E-state index is 13.4. The number of aromatic nitrogens is 2. The maximum absolute atomic E-state index is 13.4. The van der Waals surface area contributed by atoms with Gasteiger partial charge in [-0.1, -0.05) is 72.8 Å². The van der Waals surface area contributed by atoms with Crippen LogP contribution in [0.25, 0.3) is 10.9 Å². The monoisotopic (exact) mass is 505 g/mol. The SMILES string of the molecule is O=c1c2ccccc2nc(C2CCCCC2)n1N=Cc1ccccc1OCc1ccc(Cl)cc1Cl. The number of para-hydroxylation sites is 2. The lowest BCUT2D eigenvalue weighted by molar-refractivity contribution is 0.306. The lowest BCUT2D eigenvalue weighted by atomic mass is 9.88. The third kappa shape index (κ3) is 5.26. The first-order chi connectivity index (χ1) is 17.1. The Kier molecular flexibility index (Phi) is 7.16. The molecule has 0 N–H and O–H groups in total. The van der Waals surface area contributed by atoms with Crippen molar-refractivity contribution >= 4 is 40.3 Å². The molecule has 35 heavy (non-hydrogen) atoms. The molecule has 1 heterocycles. The molecule has 1 aliphatic carbocycles. The van der Waals surface area contributed by atoms with E-state index in [1.807, 2.05) is 48.5 Å². The molecule has 0 unspecified atom stereocenters. The van der Waals surface area contributed by atoms with E-state index in [0.29, 0.717) is 26.7 Å². The summed E-state index contributed by atoms with van der Waals surface area (Å²) in [4.78, 5) is 18.3. The Labute approximate surface area is 214 Å². The van der Waals surface area contributed by atoms with E-state index >= 15 is 0 Å². The van der Waals surface area contributed by atoms with Gasteiger partial charge in [0, 0.05) is 27.1 Å². The van der Waals surface area contributed by atoms with Gasteiger partial charge in [0.1, 0.15) is 18.2 Å². The summed E-state index contributed by atoms with van der Waals surface area (Å²) >= 11 is 12.3. The molecule has 3 aromatic carbocycles. The second-order valence-electron chi connectivity index (χ2n) is 8.75. The highest BCUT2D eigenvalue weighted by atomic mass is 35.5. The normalized spacial score (nSPS) is 14.6. The molecule has 4 aromatic rings. The Morgan fingerprint density at radius 3 is 2.60 bits per heavy atom. The average Bonchev–Trinajstić information content (AvgIpc) is 2.88. The van der Waals surface area contributed by atoms with Crippen molar-refractivity contribution < 1.29 is 4.74 Å². The Bertz CT molecular complexity index is 1440. The molecule has 1 aromatic heterocycles. The number of halogens is 2. The first kappa shape index (κ1) is 23.6. The molecule has 5 nitrogen and oxygen atoms in total. The average molecular weight is 506 g/mol. The number of hydrogen-bond acceptors (Lipinski definition) is 4. The van der Waals surface area contributed by atoms with Crippen molar-refractivity contribution in [3.05, 3.63) is 104 Å². The van der Waals surface area contributed by atoms with Crippen LogP contribution in [0, 0.1) is 0 Å². The quantitative estimate of drug-likeness (QED) is 0.260. The van der Waals surface area contributed by atoms with Gasteiger partial charge in [0.2, 0.25) is 0 Å². The van der Waals surface area contributed by atoms with E-state index in [9.17, 15) is 4.79 Å². The lowest BCUT2D eigenvalue weighted by Crippen LogP contribution is -2.25. The molecule has 1 aliphatic rings. The van der Waals surface area contributed by atoms with E-state index in [-0.39, 0.29) is 18.1 Å². The summed E-state index contributed by atoms with van der Waals surface area (Å²) in [6.45, 7) is 0.283. The van der Waals surface area contributed by atoms with Crippen LogP contribution in [0.3, 0.4) is 0 Å². The van der Waals surface area contributed by atoms with Gasteiger partial charge in [-0.25, -0.2) is 4.98 Å². The number of rotatable bonds is 6. The number of fused-ring (bicyclic) bond motifs is 1. The zero-order chi connectivity index (χ0) is 24.2. The predicted octanol–water partition coefficient (Wildman–Crippen LogP) is 7.21. The fraction of sp³-hybridized carbons (Fsp3) is 0.250. The standard InChI is InChI=1S/C28H25Cl2N3O2/c29-22-15-14-21(24(30)16-22)18-35-26-13-7-4-10-20(26)17-31-33-27(19-8-2-1-3-9-19)32-25-12-6-5-11-23(25)28(33)34/h4-7,10-17,19H,1-3,8-9,18H2. The highest BCUT2D eigenvalue weighted by Crippen LogP contribution is 2.32. The molecule has 5 rings (SSSR count). The van der Waals surface area contributed by atoms with E-state index < -0.39 is 0 Å². The molecule has 0 atom stereocenters. The van der Waals surface area contributed by atoms with E-state index in [1.54, 1.807) is 24.4 Å². The van der Waals surface area contributed by atoms with E-state index in [1.165, 1.54) is 11.1 Å². The van der Waals surface area contributed by atoms with Gasteiger partial charge in [-0.15, -0.1) is 0 Å². The molecule has 1 saturated carbocycles. The number of ether oxygens (including phenoxy) is 1. The van der Waals surface area contributed by atoms with Crippen molar-refractivity contribution in [2.45, 2.75) is 44.6 Å². The zero-order valence-electron chi connectivity index (χ0n) is 19.2. The maximum Gasteiger partial charge on any atom is 0.282 e. The van der Waals surface area contributed by atoms with Crippen molar-refractivity contribution in [1.29, 1.82) is 0 Å². The predicted molar refractivity (Wildman–Crippen MR) is 142 cm³/mol. The fourth-order valence-corrected chi connectivity index (χ4v) is 4.97. The van der Waals surface area contributed by atoms with Crippen molar-refractivity contribution in [3.63, 3.8) is 0 Å². The molecule has 0 amide bonds. The highest BCUT2D eigenvalue weighted by Gasteiger charge is 2.22. The van der Waals surface area contributed by atoms with Crippen LogP contribution in [0.2, 0.25) is 10.0 Å². The molecule has 0 spiro atoms. The summed E-state index contributed by atoms with van der Waals surface area (Å²) in [6.07, 6.45) is 7.20. The van der Waals surface area contributed by atoms with Gasteiger partial charge in [-0.05, 0) is 49.2 Å². The van der Waals surface area contributed by atoms with Crippen molar-refractivity contribution in [2.24, 2.45) is 5.10 Å². The number of hydrogen-bond donors (Lipinski definition) is 0. The van der Waals surface area contributed by atoms with Crippen LogP contribution in [0.5, 0.6) is 5.75 Å². The Hall–Kier alpha value is -3.15. The summed E-state index contributed by atoms with van der Waals surface area (Å²) in [5.74, 6) is 1.59. The molecule has 178 valence electrons. The largest absolute Gasteiger partial charge is 0.488 e. The minimum atomic E-state index is -0.154. The van der Waals surface area contributed by atoms with Gasteiger partial charge in [0.25, 0.3) is 5.56 Å². The molecular weight excluding hydrogens is 481 g/mol. The topological polar surface area (TPSA) is 56.5 Å². The summed E-state index contributed by atoms with van der Waals surface area (Å²) in [6, 6.07) is 20.4. The van der Waals surface area contributed by atoms with Crippen LogP contribution in [0.4, 0.5) is 0 Å². The van der Waals surface area contributed by atoms with Gasteiger partial charge in [-0.2, -0.15) is 9.78 Å². The second-order valence-corrected chi connectivity index (χ2v) is 9.59. The lowest BCUT2D eigenvalue weighted by Gasteiger charge is -2.22. The van der Waals surface area contributed by atoms with Crippen LogP contribution in [-0.2, 0) is 6.61 Å². The van der Waals surface area contributed by atoms with Crippen LogP contribution in [0.15, 0.2) is 76.6 Å². The smallest absolute Gasteiger partial charge is 0.282 e. The van der Waals surface area contributed by atoms with E-state index in [2.05, 4.69) is 5.10 Å². The molecule has 1 fully saturated rings. The Morgan fingerprint density at radius 1 is 1.00 bits per heavy atom. The van der Waals surface area contributed by atoms with Crippen LogP contribution in [-0.4, -0.2) is 15.9 Å². The molecule has 0 bridgehead atoms. The second kappa shape index (κ2) is 10.6. The third-order valence-corrected chi connectivity index (χ3v) is 6.97. The Morgan fingerprint density at radius 2 is 1.77 bits per heavy atom. The fourth-order valence-electron chi connectivity index (χ4n) is 4.51. The van der Waals surface area contributed by atoms with Crippen LogP contribution in [0.1, 0.15) is 55.0 Å². The van der Waals surface area contributed by atoms with Gasteiger partial charge < -0.3 is 4.74 Å². The summed E-state index contributed by atoms with van der Waals surface area (Å²) in [5, 5.41) is 6.33. The first-order valence-corrected chi connectivity index (χ1v) is 12.6. The van der Waals surface area contributed by atoms with Crippen LogP contribution < -0.4 is 10.3 Å². The van der Waals surface area contributed by atoms with E-state index in [0.717, 1.165) is 42.6 Å². The van der Waals surface area contributed by atoms with Gasteiger partial charge in [0.15, 0.2) is 0 Å². The molecular formula is C28H25Cl2N3O2. The zero-order valence-corrected chi connectivity index (χ0v) is 20.7. The molecule has 0 saturated heterocycles. The number of nitrogens with zero attached hydrogens (tertiary/aromatic N) is 3. The molecule has 7 heteroatoms. The molecule has 0 radical (unpaired) electrons. The van der Waals surface area contributed by atoms with Crippen molar-refractivity contribution in [3.8, 4) is 5.75 Å². The van der Waals surface area contributed by atoms with Gasteiger partial charge >= 0.3 is 0 Å². The first-order valence-electron chi connectivity index (χ1n) is 11.8. The van der Waals surface area contributed by atoms with Crippen LogP contribution >= 0.6 is 23.2 Å². The highest BCUT2D eigenvalue weighted by molar-refractivity contribution is 6.35. The number of benzene rings is 3.